The van der Waals surface area contributed by atoms with Crippen LogP contribution in [0.15, 0.2) is 30.3 Å². The topological polar surface area (TPSA) is 37.3 Å². The summed E-state index contributed by atoms with van der Waals surface area (Å²) in [7, 11) is 0. The van der Waals surface area contributed by atoms with Crippen LogP contribution < -0.4 is 0 Å². The molecule has 0 saturated carbocycles. The van der Waals surface area contributed by atoms with E-state index in [9.17, 15) is 9.90 Å². The fourth-order valence-electron chi connectivity index (χ4n) is 1.49. The average molecular weight is 241 g/mol. The maximum atomic E-state index is 11.8. The van der Waals surface area contributed by atoms with Crippen molar-refractivity contribution in [3.05, 3.63) is 35.9 Å². The van der Waals surface area contributed by atoms with Crippen molar-refractivity contribution >= 4 is 17.4 Å². The zero-order chi connectivity index (χ0) is 12.1. The van der Waals surface area contributed by atoms with E-state index < -0.39 is 6.10 Å². The second-order valence-electron chi connectivity index (χ2n) is 4.25. The van der Waals surface area contributed by atoms with Gasteiger partial charge in [0.1, 0.15) is 0 Å². The molecule has 0 amide bonds. The van der Waals surface area contributed by atoms with Crippen molar-refractivity contribution in [2.24, 2.45) is 5.92 Å². The van der Waals surface area contributed by atoms with Crippen LogP contribution >= 0.6 is 11.6 Å². The van der Waals surface area contributed by atoms with Crippen LogP contribution in [0.5, 0.6) is 0 Å². The number of rotatable bonds is 5. The molecule has 0 saturated heterocycles. The van der Waals surface area contributed by atoms with E-state index in [1.54, 1.807) is 24.3 Å². The Morgan fingerprint density at radius 1 is 1.31 bits per heavy atom. The van der Waals surface area contributed by atoms with Crippen LogP contribution in [-0.4, -0.2) is 22.4 Å². The lowest BCUT2D eigenvalue weighted by molar-refractivity contribution is 0.0855. The highest BCUT2D eigenvalue weighted by molar-refractivity contribution is 6.21. The first-order chi connectivity index (χ1) is 7.52. The van der Waals surface area contributed by atoms with Gasteiger partial charge in [-0.2, -0.15) is 0 Å². The Labute approximate surface area is 101 Å². The fourth-order valence-corrected chi connectivity index (χ4v) is 1.58. The quantitative estimate of drug-likeness (QED) is 0.635. The third kappa shape index (κ3) is 3.62. The Morgan fingerprint density at radius 3 is 2.38 bits per heavy atom. The second-order valence-corrected chi connectivity index (χ2v) is 4.75. The minimum absolute atomic E-state index is 0.0700. The van der Waals surface area contributed by atoms with E-state index in [0.29, 0.717) is 5.56 Å². The van der Waals surface area contributed by atoms with Crippen LogP contribution in [0.2, 0.25) is 0 Å². The number of ketones is 1. The maximum absolute atomic E-state index is 11.8. The standard InChI is InChI=1S/C13H17ClO2/c1-9(2)13(14)12(16)8-11(15)10-6-4-3-5-7-10/h3-7,9,12-13,16H,8H2,1-2H3. The Bertz CT molecular complexity index is 335. The summed E-state index contributed by atoms with van der Waals surface area (Å²) in [5.74, 6) is 0.0830. The summed E-state index contributed by atoms with van der Waals surface area (Å²) in [5, 5.41) is 9.39. The summed E-state index contributed by atoms with van der Waals surface area (Å²) in [6, 6.07) is 8.95. The van der Waals surface area contributed by atoms with E-state index in [2.05, 4.69) is 0 Å². The van der Waals surface area contributed by atoms with E-state index in [-0.39, 0.29) is 23.5 Å². The van der Waals surface area contributed by atoms with Gasteiger partial charge in [0.25, 0.3) is 0 Å². The molecule has 88 valence electrons. The lowest BCUT2D eigenvalue weighted by atomic mass is 9.98. The molecule has 1 aromatic carbocycles. The number of carbonyl (C=O) groups is 1. The van der Waals surface area contributed by atoms with Gasteiger partial charge in [0.15, 0.2) is 5.78 Å². The van der Waals surface area contributed by atoms with Crippen LogP contribution in [-0.2, 0) is 0 Å². The molecule has 0 aliphatic rings. The summed E-state index contributed by atoms with van der Waals surface area (Å²) in [6.07, 6.45) is -0.703. The number of halogens is 1. The van der Waals surface area contributed by atoms with Crippen LogP contribution in [0, 0.1) is 5.92 Å². The second kappa shape index (κ2) is 6.02. The predicted octanol–water partition coefficient (Wildman–Crippen LogP) is 2.88. The summed E-state index contributed by atoms with van der Waals surface area (Å²) in [6.45, 7) is 3.85. The molecule has 1 N–H and O–H groups in total. The third-order valence-corrected chi connectivity index (χ3v) is 3.29. The van der Waals surface area contributed by atoms with Crippen LogP contribution in [0.3, 0.4) is 0 Å². The van der Waals surface area contributed by atoms with Gasteiger partial charge in [-0.15, -0.1) is 11.6 Å². The number of Topliss-reactive ketones (excluding diaryl/α,β-unsaturated/α-hetero) is 1. The zero-order valence-electron chi connectivity index (χ0n) is 9.56. The molecule has 0 radical (unpaired) electrons. The van der Waals surface area contributed by atoms with Gasteiger partial charge in [-0.05, 0) is 5.92 Å². The first-order valence-corrected chi connectivity index (χ1v) is 5.86. The number of alkyl halides is 1. The Morgan fingerprint density at radius 2 is 1.88 bits per heavy atom. The van der Waals surface area contributed by atoms with E-state index in [1.807, 2.05) is 19.9 Å². The van der Waals surface area contributed by atoms with Crippen LogP contribution in [0.1, 0.15) is 30.6 Å². The molecule has 3 heteroatoms. The van der Waals surface area contributed by atoms with Crippen molar-refractivity contribution in [2.75, 3.05) is 0 Å². The van der Waals surface area contributed by atoms with Gasteiger partial charge in [-0.3, -0.25) is 4.79 Å². The molecule has 0 aliphatic carbocycles. The molecule has 1 aromatic rings. The molecule has 1 rings (SSSR count). The van der Waals surface area contributed by atoms with Gasteiger partial charge in [-0.25, -0.2) is 0 Å². The van der Waals surface area contributed by atoms with Crippen LogP contribution in [0.4, 0.5) is 0 Å². The molecule has 0 aromatic heterocycles. The number of aliphatic hydroxyl groups excluding tert-OH is 1. The number of hydrogen-bond acceptors (Lipinski definition) is 2. The smallest absolute Gasteiger partial charge is 0.165 e. The first-order valence-electron chi connectivity index (χ1n) is 5.42. The minimum atomic E-state index is -0.783. The summed E-state index contributed by atoms with van der Waals surface area (Å²) in [4.78, 5) is 11.8. The van der Waals surface area contributed by atoms with Gasteiger partial charge < -0.3 is 5.11 Å². The van der Waals surface area contributed by atoms with Gasteiger partial charge in [-0.1, -0.05) is 44.2 Å². The molecule has 2 atom stereocenters. The maximum Gasteiger partial charge on any atom is 0.165 e. The van der Waals surface area contributed by atoms with Crippen molar-refractivity contribution in [1.82, 2.24) is 0 Å². The van der Waals surface area contributed by atoms with E-state index in [1.165, 1.54) is 0 Å². The monoisotopic (exact) mass is 240 g/mol. The normalized spacial score (nSPS) is 14.8. The first kappa shape index (κ1) is 13.2. The zero-order valence-corrected chi connectivity index (χ0v) is 10.3. The highest BCUT2D eigenvalue weighted by atomic mass is 35.5. The van der Waals surface area contributed by atoms with E-state index in [4.69, 9.17) is 11.6 Å². The van der Waals surface area contributed by atoms with Crippen molar-refractivity contribution < 1.29 is 9.90 Å². The van der Waals surface area contributed by atoms with E-state index >= 15 is 0 Å². The lowest BCUT2D eigenvalue weighted by Gasteiger charge is -2.19. The van der Waals surface area contributed by atoms with Crippen molar-refractivity contribution in [2.45, 2.75) is 31.7 Å². The summed E-state index contributed by atoms with van der Waals surface area (Å²) in [5.41, 5.74) is 0.620. The molecule has 2 nitrogen and oxygen atoms in total. The Kier molecular flexibility index (Phi) is 4.97. The van der Waals surface area contributed by atoms with Gasteiger partial charge in [0.2, 0.25) is 0 Å². The van der Waals surface area contributed by atoms with Crippen LogP contribution in [0.25, 0.3) is 0 Å². The minimum Gasteiger partial charge on any atom is -0.391 e. The SMILES string of the molecule is CC(C)C(Cl)C(O)CC(=O)c1ccccc1. The number of carbonyl (C=O) groups excluding carboxylic acids is 1. The molecule has 16 heavy (non-hydrogen) atoms. The van der Waals surface area contributed by atoms with Gasteiger partial charge in [0.05, 0.1) is 11.5 Å². The molecule has 0 fully saturated rings. The largest absolute Gasteiger partial charge is 0.391 e. The highest BCUT2D eigenvalue weighted by Crippen LogP contribution is 2.18. The third-order valence-electron chi connectivity index (χ3n) is 2.49. The predicted molar refractivity (Wildman–Crippen MR) is 65.9 cm³/mol. The number of benzene rings is 1. The van der Waals surface area contributed by atoms with Crippen molar-refractivity contribution in [3.63, 3.8) is 0 Å². The summed E-state index contributed by atoms with van der Waals surface area (Å²) >= 11 is 6.00. The van der Waals surface area contributed by atoms with Gasteiger partial charge in [0, 0.05) is 12.0 Å². The molecule has 0 heterocycles. The molecule has 0 aliphatic heterocycles. The molecule has 0 spiro atoms. The van der Waals surface area contributed by atoms with Crippen molar-refractivity contribution in [1.29, 1.82) is 0 Å². The highest BCUT2D eigenvalue weighted by Gasteiger charge is 2.22. The Hall–Kier alpha value is -0.860. The van der Waals surface area contributed by atoms with Crippen molar-refractivity contribution in [3.8, 4) is 0 Å². The average Bonchev–Trinajstić information content (AvgIpc) is 2.28. The molecular weight excluding hydrogens is 224 g/mol. The number of hydrogen-bond donors (Lipinski definition) is 1. The van der Waals surface area contributed by atoms with E-state index in [0.717, 1.165) is 0 Å². The Balaban J connectivity index is 2.59. The number of aliphatic hydroxyl groups is 1. The molecule has 2 unspecified atom stereocenters. The lowest BCUT2D eigenvalue weighted by Crippen LogP contribution is -2.28. The molecule has 0 bridgehead atoms. The summed E-state index contributed by atoms with van der Waals surface area (Å²) < 4.78 is 0. The fraction of sp³-hybridized carbons (Fsp3) is 0.462. The molecular formula is C13H17ClO2. The van der Waals surface area contributed by atoms with Gasteiger partial charge >= 0.3 is 0 Å².